The fraction of sp³-hybridized carbons (Fsp3) is 0.250. The standard InChI is InChI=1S/C20H21NO4S2/c1-27(23,24)19-7-4-16(5-8-19)6-9-20(22)21(13-17-10-12-26-15-17)14-18-3-2-11-25-18/h2-5,7-8,10-12,15H,6,9,13-14H2,1H3. The molecule has 7 heteroatoms. The van der Waals surface area contributed by atoms with Gasteiger partial charge in [0.25, 0.3) is 0 Å². The van der Waals surface area contributed by atoms with Crippen molar-refractivity contribution in [2.45, 2.75) is 30.8 Å². The number of hydrogen-bond donors (Lipinski definition) is 0. The van der Waals surface area contributed by atoms with Crippen LogP contribution in [0.4, 0.5) is 0 Å². The molecule has 0 spiro atoms. The zero-order valence-corrected chi connectivity index (χ0v) is 16.6. The molecule has 2 aromatic heterocycles. The molecular weight excluding hydrogens is 382 g/mol. The first-order valence-corrected chi connectivity index (χ1v) is 11.4. The van der Waals surface area contributed by atoms with E-state index in [0.29, 0.717) is 25.9 Å². The molecule has 142 valence electrons. The van der Waals surface area contributed by atoms with Crippen LogP contribution in [0, 0.1) is 0 Å². The molecule has 27 heavy (non-hydrogen) atoms. The van der Waals surface area contributed by atoms with E-state index in [0.717, 1.165) is 16.9 Å². The van der Waals surface area contributed by atoms with E-state index in [2.05, 4.69) is 0 Å². The normalized spacial score (nSPS) is 11.4. The minimum atomic E-state index is -3.21. The Labute approximate surface area is 163 Å². The summed E-state index contributed by atoms with van der Waals surface area (Å²) in [5.41, 5.74) is 2.03. The van der Waals surface area contributed by atoms with Crippen molar-refractivity contribution in [3.05, 3.63) is 76.4 Å². The number of amides is 1. The second-order valence-corrected chi connectivity index (χ2v) is 9.17. The maximum absolute atomic E-state index is 12.8. The van der Waals surface area contributed by atoms with Crippen molar-refractivity contribution >= 4 is 27.1 Å². The van der Waals surface area contributed by atoms with Gasteiger partial charge in [-0.3, -0.25) is 4.79 Å². The molecule has 5 nitrogen and oxygen atoms in total. The highest BCUT2D eigenvalue weighted by Gasteiger charge is 2.16. The van der Waals surface area contributed by atoms with Crippen molar-refractivity contribution in [2.75, 3.05) is 6.26 Å². The Hall–Kier alpha value is -2.38. The number of furan rings is 1. The fourth-order valence-corrected chi connectivity index (χ4v) is 4.03. The predicted molar refractivity (Wildman–Crippen MR) is 105 cm³/mol. The average Bonchev–Trinajstić information content (AvgIpc) is 3.33. The van der Waals surface area contributed by atoms with E-state index in [1.54, 1.807) is 46.8 Å². The van der Waals surface area contributed by atoms with Gasteiger partial charge in [0, 0.05) is 19.2 Å². The number of sulfone groups is 1. The molecule has 0 aliphatic heterocycles. The van der Waals surface area contributed by atoms with E-state index in [9.17, 15) is 13.2 Å². The summed E-state index contributed by atoms with van der Waals surface area (Å²) in [6, 6.07) is 12.4. The van der Waals surface area contributed by atoms with Crippen molar-refractivity contribution < 1.29 is 17.6 Å². The van der Waals surface area contributed by atoms with Crippen LogP contribution in [0.2, 0.25) is 0 Å². The largest absolute Gasteiger partial charge is 0.467 e. The minimum Gasteiger partial charge on any atom is -0.467 e. The van der Waals surface area contributed by atoms with Gasteiger partial charge < -0.3 is 9.32 Å². The third-order valence-electron chi connectivity index (χ3n) is 4.21. The number of carbonyl (C=O) groups excluding carboxylic acids is 1. The van der Waals surface area contributed by atoms with Gasteiger partial charge in [-0.1, -0.05) is 12.1 Å². The zero-order chi connectivity index (χ0) is 19.3. The number of aryl methyl sites for hydroxylation is 1. The second kappa shape index (κ2) is 8.54. The number of benzene rings is 1. The quantitative estimate of drug-likeness (QED) is 0.572. The molecule has 0 radical (unpaired) electrons. The lowest BCUT2D eigenvalue weighted by molar-refractivity contribution is -0.132. The lowest BCUT2D eigenvalue weighted by Crippen LogP contribution is -2.30. The molecule has 3 aromatic rings. The first-order valence-electron chi connectivity index (χ1n) is 8.52. The molecule has 0 N–H and O–H groups in total. The van der Waals surface area contributed by atoms with Gasteiger partial charge in [0.2, 0.25) is 5.91 Å². The van der Waals surface area contributed by atoms with Crippen LogP contribution in [-0.2, 0) is 34.1 Å². The van der Waals surface area contributed by atoms with Gasteiger partial charge in [0.05, 0.1) is 17.7 Å². The summed E-state index contributed by atoms with van der Waals surface area (Å²) in [5, 5.41) is 4.03. The lowest BCUT2D eigenvalue weighted by atomic mass is 10.1. The summed E-state index contributed by atoms with van der Waals surface area (Å²) < 4.78 is 28.5. The van der Waals surface area contributed by atoms with Gasteiger partial charge in [-0.15, -0.1) is 0 Å². The Kier molecular flexibility index (Phi) is 6.13. The van der Waals surface area contributed by atoms with Gasteiger partial charge >= 0.3 is 0 Å². The number of rotatable bonds is 8. The van der Waals surface area contributed by atoms with Crippen LogP contribution in [0.5, 0.6) is 0 Å². The molecule has 0 bridgehead atoms. The van der Waals surface area contributed by atoms with Crippen LogP contribution >= 0.6 is 11.3 Å². The van der Waals surface area contributed by atoms with Crippen molar-refractivity contribution in [2.24, 2.45) is 0 Å². The first-order chi connectivity index (χ1) is 12.9. The zero-order valence-electron chi connectivity index (χ0n) is 15.0. The molecule has 0 fully saturated rings. The highest BCUT2D eigenvalue weighted by molar-refractivity contribution is 7.90. The van der Waals surface area contributed by atoms with Gasteiger partial charge in [-0.05, 0) is 58.6 Å². The molecular formula is C20H21NO4S2. The predicted octanol–water partition coefficient (Wildman–Crippen LogP) is 3.91. The monoisotopic (exact) mass is 403 g/mol. The summed E-state index contributed by atoms with van der Waals surface area (Å²) in [5.74, 6) is 0.779. The van der Waals surface area contributed by atoms with Crippen LogP contribution < -0.4 is 0 Å². The average molecular weight is 404 g/mol. The molecule has 0 saturated carbocycles. The third-order valence-corrected chi connectivity index (χ3v) is 6.07. The summed E-state index contributed by atoms with van der Waals surface area (Å²) in [4.78, 5) is 14.9. The van der Waals surface area contributed by atoms with Crippen molar-refractivity contribution in [3.63, 3.8) is 0 Å². The van der Waals surface area contributed by atoms with Crippen LogP contribution in [0.15, 0.2) is 68.8 Å². The lowest BCUT2D eigenvalue weighted by Gasteiger charge is -2.21. The minimum absolute atomic E-state index is 0.0322. The number of carbonyl (C=O) groups is 1. The molecule has 0 aliphatic rings. The van der Waals surface area contributed by atoms with Gasteiger partial charge in [-0.2, -0.15) is 11.3 Å². The number of thiophene rings is 1. The molecule has 1 aromatic carbocycles. The molecule has 0 saturated heterocycles. The Morgan fingerprint density at radius 2 is 1.85 bits per heavy atom. The van der Waals surface area contributed by atoms with E-state index < -0.39 is 9.84 Å². The highest BCUT2D eigenvalue weighted by atomic mass is 32.2. The molecule has 1 amide bonds. The van der Waals surface area contributed by atoms with Gasteiger partial charge in [0.1, 0.15) is 5.76 Å². The smallest absolute Gasteiger partial charge is 0.223 e. The molecule has 0 atom stereocenters. The number of hydrogen-bond acceptors (Lipinski definition) is 5. The topological polar surface area (TPSA) is 67.6 Å². The molecule has 3 rings (SSSR count). The van der Waals surface area contributed by atoms with E-state index in [1.165, 1.54) is 6.26 Å². The summed E-state index contributed by atoms with van der Waals surface area (Å²) in [6.07, 6.45) is 3.69. The fourth-order valence-electron chi connectivity index (χ4n) is 2.74. The maximum atomic E-state index is 12.8. The second-order valence-electron chi connectivity index (χ2n) is 6.38. The van der Waals surface area contributed by atoms with E-state index in [-0.39, 0.29) is 10.8 Å². The summed E-state index contributed by atoms with van der Waals surface area (Å²) in [6.45, 7) is 0.963. The Balaban J connectivity index is 1.64. The van der Waals surface area contributed by atoms with Crippen LogP contribution in [0.3, 0.4) is 0 Å². The van der Waals surface area contributed by atoms with Gasteiger partial charge in [0.15, 0.2) is 9.84 Å². The van der Waals surface area contributed by atoms with E-state index in [4.69, 9.17) is 4.42 Å². The maximum Gasteiger partial charge on any atom is 0.223 e. The van der Waals surface area contributed by atoms with Crippen LogP contribution in [-0.4, -0.2) is 25.5 Å². The Morgan fingerprint density at radius 1 is 1.07 bits per heavy atom. The molecule has 0 aliphatic carbocycles. The summed E-state index contributed by atoms with van der Waals surface area (Å²) >= 11 is 1.60. The van der Waals surface area contributed by atoms with Crippen molar-refractivity contribution in [1.82, 2.24) is 4.90 Å². The number of nitrogens with zero attached hydrogens (tertiary/aromatic N) is 1. The van der Waals surface area contributed by atoms with E-state index >= 15 is 0 Å². The third kappa shape index (κ3) is 5.55. The SMILES string of the molecule is CS(=O)(=O)c1ccc(CCC(=O)N(Cc2ccsc2)Cc2ccco2)cc1. The highest BCUT2D eigenvalue weighted by Crippen LogP contribution is 2.16. The summed E-state index contributed by atoms with van der Waals surface area (Å²) in [7, 11) is -3.21. The van der Waals surface area contributed by atoms with Crippen LogP contribution in [0.25, 0.3) is 0 Å². The molecule has 0 unspecified atom stereocenters. The Bertz CT molecular complexity index is 923. The van der Waals surface area contributed by atoms with Gasteiger partial charge in [-0.25, -0.2) is 8.42 Å². The Morgan fingerprint density at radius 3 is 2.44 bits per heavy atom. The van der Waals surface area contributed by atoms with E-state index in [1.807, 2.05) is 29.0 Å². The molecule has 2 heterocycles. The van der Waals surface area contributed by atoms with Crippen LogP contribution in [0.1, 0.15) is 23.3 Å². The van der Waals surface area contributed by atoms with Crippen molar-refractivity contribution in [3.8, 4) is 0 Å². The first kappa shape index (κ1) is 19.4. The van der Waals surface area contributed by atoms with Crippen molar-refractivity contribution in [1.29, 1.82) is 0 Å².